The monoisotopic (exact) mass is 272 g/mol. The Morgan fingerprint density at radius 2 is 1.68 bits per heavy atom. The number of anilines is 1. The Morgan fingerprint density at radius 3 is 2.21 bits per heavy atom. The van der Waals surface area contributed by atoms with Crippen LogP contribution in [-0.4, -0.2) is 9.91 Å². The van der Waals surface area contributed by atoms with Crippen LogP contribution in [0.1, 0.15) is 11.1 Å². The van der Waals surface area contributed by atoms with Gasteiger partial charge in [-0.2, -0.15) is 0 Å². The molecule has 0 saturated heterocycles. The third-order valence-electron chi connectivity index (χ3n) is 2.65. The van der Waals surface area contributed by atoms with Crippen molar-refractivity contribution < 1.29 is 4.92 Å². The summed E-state index contributed by atoms with van der Waals surface area (Å²) in [4.78, 5) is 10.7. The average Bonchev–Trinajstić information content (AvgIpc) is 2.41. The summed E-state index contributed by atoms with van der Waals surface area (Å²) in [5.74, 6) is 0. The van der Waals surface area contributed by atoms with Gasteiger partial charge in [0.1, 0.15) is 4.99 Å². The number of hydrogen-bond acceptors (Lipinski definition) is 3. The molecule has 0 aromatic heterocycles. The number of hydrogen-bond donors (Lipinski definition) is 1. The largest absolute Gasteiger partial charge is 0.346 e. The first-order valence-corrected chi connectivity index (χ1v) is 6.09. The van der Waals surface area contributed by atoms with Crippen LogP contribution in [0.5, 0.6) is 0 Å². The molecule has 0 fully saturated rings. The van der Waals surface area contributed by atoms with E-state index in [2.05, 4.69) is 5.32 Å². The molecule has 0 aliphatic carbocycles. The first-order valence-electron chi connectivity index (χ1n) is 5.69. The van der Waals surface area contributed by atoms with Gasteiger partial charge in [0.05, 0.1) is 4.92 Å². The molecule has 4 nitrogen and oxygen atoms in total. The van der Waals surface area contributed by atoms with E-state index >= 15 is 0 Å². The van der Waals surface area contributed by atoms with E-state index in [0.717, 1.165) is 11.3 Å². The van der Waals surface area contributed by atoms with Gasteiger partial charge >= 0.3 is 0 Å². The summed E-state index contributed by atoms with van der Waals surface area (Å²) in [6.07, 6.45) is 0. The van der Waals surface area contributed by atoms with Crippen LogP contribution in [0.15, 0.2) is 48.5 Å². The molecule has 5 heteroatoms. The zero-order chi connectivity index (χ0) is 13.8. The maximum atomic E-state index is 10.6. The van der Waals surface area contributed by atoms with Crippen molar-refractivity contribution in [3.8, 4) is 0 Å². The fraction of sp³-hybridized carbons (Fsp3) is 0.0714. The standard InChI is InChI=1S/C14H12N2O2S/c1-10-2-6-12(7-3-10)15-14(19)11-4-8-13(9-5-11)16(17)18/h2-9H,1H3,(H,15,19). The van der Waals surface area contributed by atoms with Crippen molar-refractivity contribution in [2.75, 3.05) is 5.32 Å². The molecule has 0 aliphatic rings. The van der Waals surface area contributed by atoms with Crippen molar-refractivity contribution in [3.63, 3.8) is 0 Å². The van der Waals surface area contributed by atoms with Gasteiger partial charge in [0.15, 0.2) is 0 Å². The van der Waals surface area contributed by atoms with E-state index in [-0.39, 0.29) is 5.69 Å². The van der Waals surface area contributed by atoms with E-state index in [1.165, 1.54) is 17.7 Å². The second kappa shape index (κ2) is 5.58. The highest BCUT2D eigenvalue weighted by molar-refractivity contribution is 7.81. The van der Waals surface area contributed by atoms with Gasteiger partial charge in [0.2, 0.25) is 0 Å². The Hall–Kier alpha value is -2.27. The van der Waals surface area contributed by atoms with Crippen LogP contribution >= 0.6 is 12.2 Å². The molecule has 0 heterocycles. The molecule has 2 rings (SSSR count). The van der Waals surface area contributed by atoms with Gasteiger partial charge in [-0.05, 0) is 31.2 Å². The fourth-order valence-electron chi connectivity index (χ4n) is 1.57. The van der Waals surface area contributed by atoms with Gasteiger partial charge in [-0.1, -0.05) is 29.9 Å². The molecule has 0 spiro atoms. The molecule has 0 atom stereocenters. The molecule has 96 valence electrons. The van der Waals surface area contributed by atoms with Crippen molar-refractivity contribution >= 4 is 28.6 Å². The summed E-state index contributed by atoms with van der Waals surface area (Å²) in [5.41, 5.74) is 2.88. The van der Waals surface area contributed by atoms with Gasteiger partial charge in [0.25, 0.3) is 5.69 Å². The van der Waals surface area contributed by atoms with Crippen LogP contribution < -0.4 is 5.32 Å². The SMILES string of the molecule is Cc1ccc(NC(=S)c2ccc([N+](=O)[O-])cc2)cc1. The minimum atomic E-state index is -0.430. The number of non-ortho nitro benzene ring substituents is 1. The predicted molar refractivity (Wildman–Crippen MR) is 79.6 cm³/mol. The Morgan fingerprint density at radius 1 is 1.11 bits per heavy atom. The quantitative estimate of drug-likeness (QED) is 0.526. The number of rotatable bonds is 3. The number of nitro groups is 1. The lowest BCUT2D eigenvalue weighted by molar-refractivity contribution is -0.384. The molecule has 0 unspecified atom stereocenters. The number of benzene rings is 2. The van der Waals surface area contributed by atoms with Gasteiger partial charge in [-0.25, -0.2) is 0 Å². The highest BCUT2D eigenvalue weighted by Crippen LogP contribution is 2.15. The molecule has 0 saturated carbocycles. The van der Waals surface area contributed by atoms with Gasteiger partial charge in [0, 0.05) is 23.4 Å². The van der Waals surface area contributed by atoms with Crippen LogP contribution in [-0.2, 0) is 0 Å². The molecule has 0 radical (unpaired) electrons. The number of nitrogens with one attached hydrogen (secondary N) is 1. The van der Waals surface area contributed by atoms with Crippen molar-refractivity contribution in [1.82, 2.24) is 0 Å². The van der Waals surface area contributed by atoms with Gasteiger partial charge < -0.3 is 5.32 Å². The van der Waals surface area contributed by atoms with Crippen molar-refractivity contribution in [2.45, 2.75) is 6.92 Å². The highest BCUT2D eigenvalue weighted by atomic mass is 32.1. The molecular formula is C14H12N2O2S. The van der Waals surface area contributed by atoms with E-state index < -0.39 is 4.92 Å². The zero-order valence-corrected chi connectivity index (χ0v) is 11.1. The third kappa shape index (κ3) is 3.35. The summed E-state index contributed by atoms with van der Waals surface area (Å²) < 4.78 is 0. The summed E-state index contributed by atoms with van der Waals surface area (Å²) in [6, 6.07) is 14.0. The zero-order valence-electron chi connectivity index (χ0n) is 10.3. The topological polar surface area (TPSA) is 55.2 Å². The maximum absolute atomic E-state index is 10.6. The minimum absolute atomic E-state index is 0.0573. The molecule has 0 amide bonds. The number of aryl methyl sites for hydroxylation is 1. The maximum Gasteiger partial charge on any atom is 0.269 e. The van der Waals surface area contributed by atoms with E-state index in [1.807, 2.05) is 31.2 Å². The Balaban J connectivity index is 2.11. The van der Waals surface area contributed by atoms with E-state index in [0.29, 0.717) is 4.99 Å². The Labute approximate surface area is 116 Å². The summed E-state index contributed by atoms with van der Waals surface area (Å²) in [7, 11) is 0. The van der Waals surface area contributed by atoms with Gasteiger partial charge in [-0.15, -0.1) is 0 Å². The lowest BCUT2D eigenvalue weighted by Crippen LogP contribution is -2.10. The first-order chi connectivity index (χ1) is 9.06. The third-order valence-corrected chi connectivity index (χ3v) is 2.99. The van der Waals surface area contributed by atoms with Crippen LogP contribution in [0.3, 0.4) is 0 Å². The number of nitro benzene ring substituents is 1. The van der Waals surface area contributed by atoms with E-state index in [9.17, 15) is 10.1 Å². The van der Waals surface area contributed by atoms with Crippen LogP contribution in [0.25, 0.3) is 0 Å². The Kier molecular flexibility index (Phi) is 3.87. The molecule has 19 heavy (non-hydrogen) atoms. The summed E-state index contributed by atoms with van der Waals surface area (Å²) >= 11 is 5.26. The first kappa shape index (κ1) is 13.2. The smallest absolute Gasteiger partial charge is 0.269 e. The second-order valence-corrected chi connectivity index (χ2v) is 4.53. The van der Waals surface area contributed by atoms with Crippen molar-refractivity contribution in [3.05, 3.63) is 69.8 Å². The average molecular weight is 272 g/mol. The lowest BCUT2D eigenvalue weighted by atomic mass is 10.2. The summed E-state index contributed by atoms with van der Waals surface area (Å²) in [5, 5.41) is 13.7. The molecular weight excluding hydrogens is 260 g/mol. The van der Waals surface area contributed by atoms with Crippen molar-refractivity contribution in [2.24, 2.45) is 0 Å². The highest BCUT2D eigenvalue weighted by Gasteiger charge is 2.06. The summed E-state index contributed by atoms with van der Waals surface area (Å²) in [6.45, 7) is 2.01. The second-order valence-electron chi connectivity index (χ2n) is 4.12. The fourth-order valence-corrected chi connectivity index (χ4v) is 1.83. The molecule has 1 N–H and O–H groups in total. The minimum Gasteiger partial charge on any atom is -0.346 e. The van der Waals surface area contributed by atoms with Crippen LogP contribution in [0.4, 0.5) is 11.4 Å². The normalized spacial score (nSPS) is 9.95. The molecule has 2 aromatic carbocycles. The van der Waals surface area contributed by atoms with Crippen LogP contribution in [0, 0.1) is 17.0 Å². The van der Waals surface area contributed by atoms with Gasteiger partial charge in [-0.3, -0.25) is 10.1 Å². The number of nitrogens with zero attached hydrogens (tertiary/aromatic N) is 1. The van der Waals surface area contributed by atoms with E-state index in [4.69, 9.17) is 12.2 Å². The Bertz CT molecular complexity index is 606. The lowest BCUT2D eigenvalue weighted by Gasteiger charge is -2.08. The van der Waals surface area contributed by atoms with E-state index in [1.54, 1.807) is 12.1 Å². The predicted octanol–water partition coefficient (Wildman–Crippen LogP) is 3.69. The number of thiocarbonyl (C=S) groups is 1. The molecule has 0 bridgehead atoms. The molecule has 2 aromatic rings. The molecule has 0 aliphatic heterocycles. The van der Waals surface area contributed by atoms with Crippen LogP contribution in [0.2, 0.25) is 0 Å². The van der Waals surface area contributed by atoms with Crippen molar-refractivity contribution in [1.29, 1.82) is 0 Å².